The minimum absolute atomic E-state index is 0.0931. The van der Waals surface area contributed by atoms with Crippen molar-refractivity contribution in [2.45, 2.75) is 31.5 Å². The molecule has 33 heavy (non-hydrogen) atoms. The number of rotatable bonds is 9. The number of carbonyl (C=O) groups is 4. The van der Waals surface area contributed by atoms with Crippen LogP contribution in [0.15, 0.2) is 72.8 Å². The molecular formula is C26H26O7. The number of hydrogen-bond donors (Lipinski definition) is 0. The third-order valence-electron chi connectivity index (χ3n) is 5.65. The number of hydrogen-bond acceptors (Lipinski definition) is 7. The molecule has 0 aliphatic heterocycles. The van der Waals surface area contributed by atoms with Crippen LogP contribution in [0.3, 0.4) is 0 Å². The lowest BCUT2D eigenvalue weighted by Gasteiger charge is -2.21. The first kappa shape index (κ1) is 23.9. The molecule has 2 aromatic carbocycles. The lowest BCUT2D eigenvalue weighted by Crippen LogP contribution is -2.28. The van der Waals surface area contributed by atoms with Crippen LogP contribution in [0.1, 0.15) is 40.0 Å². The van der Waals surface area contributed by atoms with E-state index in [0.717, 1.165) is 6.29 Å². The standard InChI is InChI=1S/C26H26O7/c1-31-24(28)15-9-8-14-20-21(17-27)23(33-26(30)19-12-6-3-7-13-19)16-22(20)32-25(29)18-10-4-2-5-11-18/h2-13,17,20-23H,14-16H2,1H3/b9-8-/t20-,21+,22-,23+/m1/s1. The van der Waals surface area contributed by atoms with Gasteiger partial charge in [-0.05, 0) is 30.7 Å². The smallest absolute Gasteiger partial charge is 0.338 e. The number of ether oxygens (including phenoxy) is 3. The highest BCUT2D eigenvalue weighted by Gasteiger charge is 2.46. The molecule has 1 aliphatic carbocycles. The molecule has 7 heteroatoms. The molecule has 0 amide bonds. The van der Waals surface area contributed by atoms with E-state index in [0.29, 0.717) is 17.5 Å². The van der Waals surface area contributed by atoms with E-state index in [1.54, 1.807) is 72.8 Å². The van der Waals surface area contributed by atoms with Crippen molar-refractivity contribution >= 4 is 24.2 Å². The van der Waals surface area contributed by atoms with Gasteiger partial charge in [-0.3, -0.25) is 4.79 Å². The van der Waals surface area contributed by atoms with Gasteiger partial charge in [0.25, 0.3) is 0 Å². The van der Waals surface area contributed by atoms with Gasteiger partial charge in [-0.2, -0.15) is 0 Å². The molecular weight excluding hydrogens is 424 g/mol. The van der Waals surface area contributed by atoms with Gasteiger partial charge in [0.15, 0.2) is 0 Å². The predicted octanol–water partition coefficient (Wildman–Crippen LogP) is 3.78. The highest BCUT2D eigenvalue weighted by molar-refractivity contribution is 5.90. The van der Waals surface area contributed by atoms with Crippen molar-refractivity contribution in [1.82, 2.24) is 0 Å². The summed E-state index contributed by atoms with van der Waals surface area (Å²) >= 11 is 0. The molecule has 3 rings (SSSR count). The van der Waals surface area contributed by atoms with Crippen LogP contribution in [0.4, 0.5) is 0 Å². The molecule has 0 unspecified atom stereocenters. The Morgan fingerprint density at radius 3 is 1.91 bits per heavy atom. The van der Waals surface area contributed by atoms with E-state index in [-0.39, 0.29) is 18.8 Å². The summed E-state index contributed by atoms with van der Waals surface area (Å²) in [7, 11) is 1.31. The number of esters is 3. The van der Waals surface area contributed by atoms with Crippen LogP contribution in [0.2, 0.25) is 0 Å². The normalized spacial score (nSPS) is 22.0. The fraction of sp³-hybridized carbons (Fsp3) is 0.308. The maximum atomic E-state index is 12.7. The number of methoxy groups -OCH3 is 1. The van der Waals surface area contributed by atoms with Crippen LogP contribution >= 0.6 is 0 Å². The van der Waals surface area contributed by atoms with Gasteiger partial charge in [0.05, 0.1) is 30.6 Å². The second-order valence-electron chi connectivity index (χ2n) is 7.72. The molecule has 0 aromatic heterocycles. The molecule has 0 bridgehead atoms. The highest BCUT2D eigenvalue weighted by Crippen LogP contribution is 2.38. The molecule has 0 spiro atoms. The summed E-state index contributed by atoms with van der Waals surface area (Å²) in [5.41, 5.74) is 0.770. The van der Waals surface area contributed by atoms with E-state index in [9.17, 15) is 19.2 Å². The topological polar surface area (TPSA) is 96.0 Å². The van der Waals surface area contributed by atoms with Crippen molar-refractivity contribution in [2.75, 3.05) is 7.11 Å². The average Bonchev–Trinajstić information content (AvgIpc) is 3.17. The second-order valence-corrected chi connectivity index (χ2v) is 7.72. The average molecular weight is 450 g/mol. The van der Waals surface area contributed by atoms with E-state index >= 15 is 0 Å². The van der Waals surface area contributed by atoms with Crippen molar-refractivity contribution in [2.24, 2.45) is 11.8 Å². The van der Waals surface area contributed by atoms with Crippen LogP contribution in [-0.2, 0) is 23.8 Å². The third kappa shape index (κ3) is 6.38. The SMILES string of the molecule is COC(=O)C/C=C\C[C@@H]1[C@H](C=O)[C@@H](OC(=O)c2ccccc2)C[C@H]1OC(=O)c1ccccc1. The van der Waals surface area contributed by atoms with E-state index in [2.05, 4.69) is 4.74 Å². The number of carbonyl (C=O) groups excluding carboxylic acids is 4. The van der Waals surface area contributed by atoms with Crippen LogP contribution in [0.5, 0.6) is 0 Å². The lowest BCUT2D eigenvalue weighted by molar-refractivity contribution is -0.139. The summed E-state index contributed by atoms with van der Waals surface area (Å²) in [4.78, 5) is 48.6. The summed E-state index contributed by atoms with van der Waals surface area (Å²) in [6, 6.07) is 17.1. The first-order valence-electron chi connectivity index (χ1n) is 10.7. The minimum atomic E-state index is -0.734. The van der Waals surface area contributed by atoms with Crippen molar-refractivity contribution in [3.05, 3.63) is 83.9 Å². The number of allylic oxidation sites excluding steroid dienone is 1. The van der Waals surface area contributed by atoms with Gasteiger partial charge in [0.1, 0.15) is 18.5 Å². The Morgan fingerprint density at radius 1 is 0.848 bits per heavy atom. The van der Waals surface area contributed by atoms with Crippen LogP contribution in [-0.4, -0.2) is 43.5 Å². The fourth-order valence-corrected chi connectivity index (χ4v) is 3.92. The van der Waals surface area contributed by atoms with Gasteiger partial charge in [-0.25, -0.2) is 9.59 Å². The molecule has 1 saturated carbocycles. The summed E-state index contributed by atoms with van der Waals surface area (Å²) in [5.74, 6) is -2.50. The maximum absolute atomic E-state index is 12.7. The van der Waals surface area contributed by atoms with Crippen molar-refractivity contribution < 1.29 is 33.4 Å². The Balaban J connectivity index is 1.76. The zero-order valence-corrected chi connectivity index (χ0v) is 18.3. The molecule has 0 heterocycles. The Hall–Kier alpha value is -3.74. The van der Waals surface area contributed by atoms with E-state index < -0.39 is 36.0 Å². The molecule has 0 saturated heterocycles. The monoisotopic (exact) mass is 450 g/mol. The molecule has 0 N–H and O–H groups in total. The van der Waals surface area contributed by atoms with E-state index in [1.165, 1.54) is 7.11 Å². The second kappa shape index (κ2) is 11.8. The highest BCUT2D eigenvalue weighted by atomic mass is 16.6. The Labute approximate surface area is 192 Å². The van der Waals surface area contributed by atoms with Gasteiger partial charge in [-0.1, -0.05) is 48.6 Å². The number of aldehydes is 1. The third-order valence-corrected chi connectivity index (χ3v) is 5.65. The zero-order valence-electron chi connectivity index (χ0n) is 18.3. The van der Waals surface area contributed by atoms with Gasteiger partial charge < -0.3 is 19.0 Å². The molecule has 1 fully saturated rings. The van der Waals surface area contributed by atoms with Crippen molar-refractivity contribution in [3.8, 4) is 0 Å². The van der Waals surface area contributed by atoms with Crippen LogP contribution in [0.25, 0.3) is 0 Å². The fourth-order valence-electron chi connectivity index (χ4n) is 3.92. The molecule has 7 nitrogen and oxygen atoms in total. The van der Waals surface area contributed by atoms with Gasteiger partial charge in [0, 0.05) is 12.3 Å². The first-order valence-corrected chi connectivity index (χ1v) is 10.7. The Bertz CT molecular complexity index is 984. The van der Waals surface area contributed by atoms with E-state index in [1.807, 2.05) is 0 Å². The molecule has 0 radical (unpaired) electrons. The van der Waals surface area contributed by atoms with E-state index in [4.69, 9.17) is 9.47 Å². The summed E-state index contributed by atoms with van der Waals surface area (Å²) in [6.45, 7) is 0. The Morgan fingerprint density at radius 2 is 1.39 bits per heavy atom. The minimum Gasteiger partial charge on any atom is -0.469 e. The molecule has 2 aromatic rings. The summed E-state index contributed by atoms with van der Waals surface area (Å²) < 4.78 is 16.0. The Kier molecular flexibility index (Phi) is 8.52. The van der Waals surface area contributed by atoms with Crippen molar-refractivity contribution in [1.29, 1.82) is 0 Å². The predicted molar refractivity (Wildman–Crippen MR) is 119 cm³/mol. The molecule has 172 valence electrons. The zero-order chi connectivity index (χ0) is 23.6. The maximum Gasteiger partial charge on any atom is 0.338 e. The molecule has 1 aliphatic rings. The lowest BCUT2D eigenvalue weighted by atomic mass is 9.91. The van der Waals surface area contributed by atoms with Crippen molar-refractivity contribution in [3.63, 3.8) is 0 Å². The quantitative estimate of drug-likeness (QED) is 0.248. The summed E-state index contributed by atoms with van der Waals surface area (Å²) in [5, 5.41) is 0. The van der Waals surface area contributed by atoms with Gasteiger partial charge >= 0.3 is 17.9 Å². The first-order chi connectivity index (χ1) is 16.0. The van der Waals surface area contributed by atoms with Crippen LogP contribution < -0.4 is 0 Å². The summed E-state index contributed by atoms with van der Waals surface area (Å²) in [6.07, 6.45) is 3.44. The van der Waals surface area contributed by atoms with Gasteiger partial charge in [-0.15, -0.1) is 0 Å². The van der Waals surface area contributed by atoms with Gasteiger partial charge in [0.2, 0.25) is 0 Å². The number of benzene rings is 2. The largest absolute Gasteiger partial charge is 0.469 e. The molecule has 4 atom stereocenters. The van der Waals surface area contributed by atoms with Crippen LogP contribution in [0, 0.1) is 11.8 Å².